The highest BCUT2D eigenvalue weighted by Crippen LogP contribution is 2.27. The Morgan fingerprint density at radius 1 is 1.11 bits per heavy atom. The molecule has 1 N–H and O–H groups in total. The molecule has 0 amide bonds. The number of nitrogens with zero attached hydrogens (tertiary/aromatic N) is 1. The molecule has 0 saturated heterocycles. The molecule has 0 aliphatic rings. The van der Waals surface area contributed by atoms with Crippen LogP contribution >= 0.6 is 15.9 Å². The summed E-state index contributed by atoms with van der Waals surface area (Å²) in [5.74, 6) is -0.300. The number of carboxylic acid groups (broad SMARTS) is 1. The SMILES string of the molecule is CCCOc1ccc(N(CCCC(=O)O)S(=O)(=O)c2ccc(Br)cc2)cc1. The monoisotopic (exact) mass is 455 g/mol. The Morgan fingerprint density at radius 3 is 2.30 bits per heavy atom. The van der Waals surface area contributed by atoms with Crippen molar-refractivity contribution in [1.82, 2.24) is 0 Å². The normalized spacial score (nSPS) is 11.2. The van der Waals surface area contributed by atoms with E-state index in [1.54, 1.807) is 36.4 Å². The second-order valence-corrected chi connectivity index (χ2v) is 8.65. The van der Waals surface area contributed by atoms with Crippen molar-refractivity contribution >= 4 is 37.6 Å². The molecule has 0 unspecified atom stereocenters. The van der Waals surface area contributed by atoms with Crippen LogP contribution in [0.5, 0.6) is 5.75 Å². The summed E-state index contributed by atoms with van der Waals surface area (Å²) in [6, 6.07) is 13.1. The van der Waals surface area contributed by atoms with Gasteiger partial charge in [-0.1, -0.05) is 22.9 Å². The fraction of sp³-hybridized carbons (Fsp3) is 0.316. The second kappa shape index (κ2) is 9.75. The maximum Gasteiger partial charge on any atom is 0.303 e. The molecular formula is C19H22BrNO5S. The van der Waals surface area contributed by atoms with Gasteiger partial charge in [-0.3, -0.25) is 9.10 Å². The molecule has 2 aromatic carbocycles. The summed E-state index contributed by atoms with van der Waals surface area (Å²) >= 11 is 3.29. The van der Waals surface area contributed by atoms with E-state index in [4.69, 9.17) is 9.84 Å². The number of sulfonamides is 1. The Labute approximate surface area is 168 Å². The number of anilines is 1. The first kappa shape index (κ1) is 21.2. The third kappa shape index (κ3) is 5.97. The van der Waals surface area contributed by atoms with E-state index in [2.05, 4.69) is 15.9 Å². The molecule has 0 spiro atoms. The van der Waals surface area contributed by atoms with Gasteiger partial charge >= 0.3 is 5.97 Å². The molecule has 27 heavy (non-hydrogen) atoms. The predicted octanol–water partition coefficient (Wildman–Crippen LogP) is 4.30. The number of carboxylic acids is 1. The van der Waals surface area contributed by atoms with Crippen molar-refractivity contribution in [3.05, 3.63) is 53.0 Å². The summed E-state index contributed by atoms with van der Waals surface area (Å²) in [6.07, 6.45) is 0.976. The molecule has 0 radical (unpaired) electrons. The van der Waals surface area contributed by atoms with Crippen LogP contribution in [0.1, 0.15) is 26.2 Å². The average molecular weight is 456 g/mol. The van der Waals surface area contributed by atoms with E-state index in [9.17, 15) is 13.2 Å². The zero-order chi connectivity index (χ0) is 19.9. The van der Waals surface area contributed by atoms with E-state index < -0.39 is 16.0 Å². The van der Waals surface area contributed by atoms with Crippen LogP contribution in [0.3, 0.4) is 0 Å². The fourth-order valence-electron chi connectivity index (χ4n) is 2.42. The summed E-state index contributed by atoms with van der Waals surface area (Å²) in [7, 11) is -3.82. The lowest BCUT2D eigenvalue weighted by Crippen LogP contribution is -2.32. The molecule has 0 fully saturated rings. The average Bonchev–Trinajstić information content (AvgIpc) is 2.64. The Morgan fingerprint density at radius 2 is 1.74 bits per heavy atom. The lowest BCUT2D eigenvalue weighted by atomic mass is 10.2. The van der Waals surface area contributed by atoms with Crippen molar-refractivity contribution in [3.8, 4) is 5.75 Å². The van der Waals surface area contributed by atoms with Crippen molar-refractivity contribution in [2.75, 3.05) is 17.5 Å². The molecule has 0 aromatic heterocycles. The number of hydrogen-bond acceptors (Lipinski definition) is 4. The first-order valence-corrected chi connectivity index (χ1v) is 10.8. The maximum atomic E-state index is 13.1. The van der Waals surface area contributed by atoms with Gasteiger partial charge in [-0.15, -0.1) is 0 Å². The number of benzene rings is 2. The highest BCUT2D eigenvalue weighted by atomic mass is 79.9. The van der Waals surface area contributed by atoms with Crippen molar-refractivity contribution in [1.29, 1.82) is 0 Å². The zero-order valence-corrected chi connectivity index (χ0v) is 17.4. The Kier molecular flexibility index (Phi) is 7.67. The molecular weight excluding hydrogens is 434 g/mol. The Hall–Kier alpha value is -2.06. The first-order chi connectivity index (χ1) is 12.8. The van der Waals surface area contributed by atoms with Gasteiger partial charge in [-0.2, -0.15) is 0 Å². The van der Waals surface area contributed by atoms with Gasteiger partial charge in [0.05, 0.1) is 17.2 Å². The predicted molar refractivity (Wildman–Crippen MR) is 108 cm³/mol. The van der Waals surface area contributed by atoms with E-state index in [0.717, 1.165) is 10.9 Å². The van der Waals surface area contributed by atoms with Crippen molar-refractivity contribution in [2.24, 2.45) is 0 Å². The molecule has 0 atom stereocenters. The number of carbonyl (C=O) groups is 1. The van der Waals surface area contributed by atoms with Gasteiger partial charge in [0.1, 0.15) is 5.75 Å². The van der Waals surface area contributed by atoms with Gasteiger partial charge in [-0.05, 0) is 61.4 Å². The number of ether oxygens (including phenoxy) is 1. The Balaban J connectivity index is 2.32. The zero-order valence-electron chi connectivity index (χ0n) is 15.0. The highest BCUT2D eigenvalue weighted by molar-refractivity contribution is 9.10. The van der Waals surface area contributed by atoms with E-state index in [1.807, 2.05) is 6.92 Å². The lowest BCUT2D eigenvalue weighted by molar-refractivity contribution is -0.137. The molecule has 146 valence electrons. The van der Waals surface area contributed by atoms with Gasteiger partial charge in [0.15, 0.2) is 0 Å². The molecule has 2 rings (SSSR count). The molecule has 2 aromatic rings. The van der Waals surface area contributed by atoms with Crippen LogP contribution in [0.4, 0.5) is 5.69 Å². The van der Waals surface area contributed by atoms with Crippen LogP contribution in [0, 0.1) is 0 Å². The van der Waals surface area contributed by atoms with Crippen LogP contribution < -0.4 is 9.04 Å². The second-order valence-electron chi connectivity index (χ2n) is 5.87. The van der Waals surface area contributed by atoms with E-state index in [0.29, 0.717) is 18.0 Å². The molecule has 8 heteroatoms. The first-order valence-electron chi connectivity index (χ1n) is 8.57. The van der Waals surface area contributed by atoms with Crippen molar-refractivity contribution < 1.29 is 23.1 Å². The van der Waals surface area contributed by atoms with Gasteiger partial charge in [-0.25, -0.2) is 8.42 Å². The third-order valence-electron chi connectivity index (χ3n) is 3.75. The quantitative estimate of drug-likeness (QED) is 0.577. The van der Waals surface area contributed by atoms with E-state index >= 15 is 0 Å². The molecule has 6 nitrogen and oxygen atoms in total. The van der Waals surface area contributed by atoms with Gasteiger partial charge in [0, 0.05) is 17.4 Å². The summed E-state index contributed by atoms with van der Waals surface area (Å²) < 4.78 is 33.8. The smallest absolute Gasteiger partial charge is 0.303 e. The fourth-order valence-corrected chi connectivity index (χ4v) is 4.19. The third-order valence-corrected chi connectivity index (χ3v) is 6.12. The number of aliphatic carboxylic acids is 1. The van der Waals surface area contributed by atoms with Crippen LogP contribution in [-0.2, 0) is 14.8 Å². The molecule has 0 saturated carbocycles. The van der Waals surface area contributed by atoms with E-state index in [-0.39, 0.29) is 24.3 Å². The number of halogens is 1. The van der Waals surface area contributed by atoms with Crippen molar-refractivity contribution in [3.63, 3.8) is 0 Å². The minimum atomic E-state index is -3.82. The van der Waals surface area contributed by atoms with Crippen LogP contribution in [-0.4, -0.2) is 32.6 Å². The van der Waals surface area contributed by atoms with Crippen LogP contribution in [0.2, 0.25) is 0 Å². The minimum absolute atomic E-state index is 0.0693. The van der Waals surface area contributed by atoms with Crippen LogP contribution in [0.25, 0.3) is 0 Å². The highest BCUT2D eigenvalue weighted by Gasteiger charge is 2.25. The minimum Gasteiger partial charge on any atom is -0.494 e. The van der Waals surface area contributed by atoms with Gasteiger partial charge in [0.25, 0.3) is 10.0 Å². The summed E-state index contributed by atoms with van der Waals surface area (Å²) in [6.45, 7) is 2.65. The summed E-state index contributed by atoms with van der Waals surface area (Å²) in [5, 5.41) is 8.88. The van der Waals surface area contributed by atoms with Gasteiger partial charge in [0.2, 0.25) is 0 Å². The molecule has 0 aliphatic carbocycles. The standard InChI is InChI=1S/C19H22BrNO5S/c1-2-14-26-17-9-7-16(8-10-17)21(13-3-4-19(22)23)27(24,25)18-11-5-15(20)6-12-18/h5-12H,2-4,13-14H2,1H3,(H,22,23). The molecule has 0 aliphatic heterocycles. The van der Waals surface area contributed by atoms with Gasteiger partial charge < -0.3 is 9.84 Å². The topological polar surface area (TPSA) is 83.9 Å². The van der Waals surface area contributed by atoms with Crippen molar-refractivity contribution in [2.45, 2.75) is 31.1 Å². The van der Waals surface area contributed by atoms with Crippen LogP contribution in [0.15, 0.2) is 57.9 Å². The lowest BCUT2D eigenvalue weighted by Gasteiger charge is -2.24. The molecule has 0 bridgehead atoms. The number of hydrogen-bond donors (Lipinski definition) is 1. The summed E-state index contributed by atoms with van der Waals surface area (Å²) in [5.41, 5.74) is 0.465. The largest absolute Gasteiger partial charge is 0.494 e. The number of rotatable bonds is 10. The van der Waals surface area contributed by atoms with E-state index in [1.165, 1.54) is 16.4 Å². The maximum absolute atomic E-state index is 13.1. The molecule has 0 heterocycles. The Bertz CT molecular complexity index is 851. The summed E-state index contributed by atoms with van der Waals surface area (Å²) in [4.78, 5) is 11.0.